The molecule has 0 aliphatic heterocycles. The van der Waals surface area contributed by atoms with Crippen molar-refractivity contribution in [3.8, 4) is 22.9 Å². The molecular formula is C14H11BrN2O2. The molecule has 5 heteroatoms. The minimum atomic E-state index is -0.00391. The van der Waals surface area contributed by atoms with E-state index in [9.17, 15) is 10.2 Å². The lowest BCUT2D eigenvalue weighted by Crippen LogP contribution is -1.81. The Morgan fingerprint density at radius 2 is 1.95 bits per heavy atom. The number of benzene rings is 2. The lowest BCUT2D eigenvalue weighted by atomic mass is 10.2. The zero-order valence-corrected chi connectivity index (χ0v) is 11.7. The lowest BCUT2D eigenvalue weighted by Gasteiger charge is -2.01. The quantitative estimate of drug-likeness (QED) is 0.640. The van der Waals surface area contributed by atoms with E-state index in [-0.39, 0.29) is 11.5 Å². The number of phenolic OH excluding ortho intramolecular Hbond substituents is 2. The van der Waals surface area contributed by atoms with E-state index in [1.54, 1.807) is 6.07 Å². The molecule has 0 spiro atoms. The predicted molar refractivity (Wildman–Crippen MR) is 77.3 cm³/mol. The molecule has 0 unspecified atom stereocenters. The maximum Gasteiger partial charge on any atom is 0.142 e. The van der Waals surface area contributed by atoms with Crippen LogP contribution in [0.2, 0.25) is 0 Å². The standard InChI is InChI=1S/C14H11BrN2O2/c1-7-4-8(15)5-11-13(7)17-14(16-11)10-3-2-9(18)6-12(10)19/h2-6,18-19H,1H3,(H,16,17). The van der Waals surface area contributed by atoms with Crippen LogP contribution in [-0.2, 0) is 0 Å². The van der Waals surface area contributed by atoms with E-state index in [1.165, 1.54) is 12.1 Å². The highest BCUT2D eigenvalue weighted by atomic mass is 79.9. The zero-order chi connectivity index (χ0) is 13.6. The summed E-state index contributed by atoms with van der Waals surface area (Å²) in [7, 11) is 0. The molecule has 0 bridgehead atoms. The van der Waals surface area contributed by atoms with Crippen molar-refractivity contribution in [1.29, 1.82) is 0 Å². The van der Waals surface area contributed by atoms with Gasteiger partial charge in [0, 0.05) is 10.5 Å². The predicted octanol–water partition coefficient (Wildman–Crippen LogP) is 3.71. The minimum absolute atomic E-state index is 0.00391. The first-order valence-corrected chi connectivity index (χ1v) is 6.52. The lowest BCUT2D eigenvalue weighted by molar-refractivity contribution is 0.451. The molecule has 3 aromatic rings. The van der Waals surface area contributed by atoms with E-state index in [1.807, 2.05) is 19.1 Å². The number of halogens is 1. The molecule has 0 aliphatic rings. The molecular weight excluding hydrogens is 308 g/mol. The molecule has 3 rings (SSSR count). The van der Waals surface area contributed by atoms with Gasteiger partial charge < -0.3 is 15.2 Å². The average Bonchev–Trinajstić information content (AvgIpc) is 2.72. The molecule has 0 atom stereocenters. The van der Waals surface area contributed by atoms with E-state index >= 15 is 0 Å². The maximum atomic E-state index is 9.86. The Hall–Kier alpha value is -2.01. The summed E-state index contributed by atoms with van der Waals surface area (Å²) in [6.07, 6.45) is 0. The largest absolute Gasteiger partial charge is 0.508 e. The van der Waals surface area contributed by atoms with Gasteiger partial charge in [-0.25, -0.2) is 4.98 Å². The van der Waals surface area contributed by atoms with Crippen molar-refractivity contribution in [2.24, 2.45) is 0 Å². The summed E-state index contributed by atoms with van der Waals surface area (Å²) in [6, 6.07) is 8.38. The van der Waals surface area contributed by atoms with Crippen molar-refractivity contribution in [3.05, 3.63) is 40.4 Å². The third-order valence-electron chi connectivity index (χ3n) is 2.98. The number of rotatable bonds is 1. The fourth-order valence-electron chi connectivity index (χ4n) is 2.09. The SMILES string of the molecule is Cc1cc(Br)cc2[nH]c(-c3ccc(O)cc3O)nc12. The normalized spacial score (nSPS) is 11.1. The molecule has 2 aromatic carbocycles. The zero-order valence-electron chi connectivity index (χ0n) is 10.1. The third-order valence-corrected chi connectivity index (χ3v) is 3.44. The molecule has 0 aliphatic carbocycles. The van der Waals surface area contributed by atoms with Crippen LogP contribution in [0.25, 0.3) is 22.4 Å². The summed E-state index contributed by atoms with van der Waals surface area (Å²) in [6.45, 7) is 1.98. The average molecular weight is 319 g/mol. The number of aromatic amines is 1. The van der Waals surface area contributed by atoms with Crippen molar-refractivity contribution in [2.75, 3.05) is 0 Å². The number of aromatic nitrogens is 2. The van der Waals surface area contributed by atoms with Gasteiger partial charge in [0.1, 0.15) is 17.3 Å². The first kappa shape index (κ1) is 12.0. The van der Waals surface area contributed by atoms with E-state index in [0.29, 0.717) is 11.4 Å². The Labute approximate surface area is 117 Å². The summed E-state index contributed by atoms with van der Waals surface area (Å²) in [5, 5.41) is 19.2. The number of imidazole rings is 1. The minimum Gasteiger partial charge on any atom is -0.508 e. The number of H-pyrrole nitrogens is 1. The van der Waals surface area contributed by atoms with Gasteiger partial charge in [0.15, 0.2) is 0 Å². The van der Waals surface area contributed by atoms with Crippen molar-refractivity contribution >= 4 is 27.0 Å². The van der Waals surface area contributed by atoms with Crippen LogP contribution < -0.4 is 0 Å². The molecule has 19 heavy (non-hydrogen) atoms. The van der Waals surface area contributed by atoms with Crippen LogP contribution in [-0.4, -0.2) is 20.2 Å². The first-order chi connectivity index (χ1) is 9.04. The number of phenols is 2. The number of hydrogen-bond acceptors (Lipinski definition) is 3. The van der Waals surface area contributed by atoms with Gasteiger partial charge in [-0.15, -0.1) is 0 Å². The summed E-state index contributed by atoms with van der Waals surface area (Å²) in [5.74, 6) is 0.598. The number of fused-ring (bicyclic) bond motifs is 1. The molecule has 0 saturated carbocycles. The van der Waals surface area contributed by atoms with Gasteiger partial charge >= 0.3 is 0 Å². The third kappa shape index (κ3) is 2.06. The van der Waals surface area contributed by atoms with Gasteiger partial charge in [0.05, 0.1) is 16.6 Å². The Morgan fingerprint density at radius 3 is 2.68 bits per heavy atom. The van der Waals surface area contributed by atoms with Crippen molar-refractivity contribution in [3.63, 3.8) is 0 Å². The second-order valence-electron chi connectivity index (χ2n) is 4.41. The first-order valence-electron chi connectivity index (χ1n) is 5.73. The Morgan fingerprint density at radius 1 is 1.16 bits per heavy atom. The summed E-state index contributed by atoms with van der Waals surface area (Å²) < 4.78 is 0.975. The highest BCUT2D eigenvalue weighted by molar-refractivity contribution is 9.10. The van der Waals surface area contributed by atoms with Crippen molar-refractivity contribution in [2.45, 2.75) is 6.92 Å². The van der Waals surface area contributed by atoms with Crippen LogP contribution in [0.3, 0.4) is 0 Å². The van der Waals surface area contributed by atoms with Crippen LogP contribution in [0.4, 0.5) is 0 Å². The maximum absolute atomic E-state index is 9.86. The summed E-state index contributed by atoms with van der Waals surface area (Å²) in [4.78, 5) is 7.67. The van der Waals surface area contributed by atoms with Gasteiger partial charge in [-0.1, -0.05) is 15.9 Å². The smallest absolute Gasteiger partial charge is 0.142 e. The second kappa shape index (κ2) is 4.28. The molecule has 0 fully saturated rings. The van der Waals surface area contributed by atoms with E-state index in [2.05, 4.69) is 25.9 Å². The molecule has 1 heterocycles. The molecule has 0 amide bonds. The van der Waals surface area contributed by atoms with Crippen LogP contribution in [0, 0.1) is 6.92 Å². The Kier molecular flexibility index (Phi) is 2.71. The molecule has 0 radical (unpaired) electrons. The van der Waals surface area contributed by atoms with Crippen LogP contribution >= 0.6 is 15.9 Å². The Balaban J connectivity index is 2.23. The van der Waals surface area contributed by atoms with Crippen LogP contribution in [0.5, 0.6) is 11.5 Å². The number of hydrogen-bond donors (Lipinski definition) is 3. The summed E-state index contributed by atoms with van der Waals surface area (Å²) >= 11 is 3.44. The van der Waals surface area contributed by atoms with Gasteiger partial charge in [0.25, 0.3) is 0 Å². The van der Waals surface area contributed by atoms with E-state index < -0.39 is 0 Å². The van der Waals surface area contributed by atoms with Gasteiger partial charge in [-0.05, 0) is 36.8 Å². The Bertz CT molecular complexity index is 780. The number of aryl methyl sites for hydroxylation is 1. The second-order valence-corrected chi connectivity index (χ2v) is 5.32. The van der Waals surface area contributed by atoms with Gasteiger partial charge in [0.2, 0.25) is 0 Å². The number of nitrogens with zero attached hydrogens (tertiary/aromatic N) is 1. The highest BCUT2D eigenvalue weighted by Gasteiger charge is 2.11. The van der Waals surface area contributed by atoms with Crippen LogP contribution in [0.15, 0.2) is 34.8 Å². The fourth-order valence-corrected chi connectivity index (χ4v) is 2.67. The molecule has 4 nitrogen and oxygen atoms in total. The molecule has 1 aromatic heterocycles. The van der Waals surface area contributed by atoms with Gasteiger partial charge in [-0.2, -0.15) is 0 Å². The van der Waals surface area contributed by atoms with Crippen LogP contribution in [0.1, 0.15) is 5.56 Å². The molecule has 3 N–H and O–H groups in total. The monoisotopic (exact) mass is 318 g/mol. The topological polar surface area (TPSA) is 69.1 Å². The highest BCUT2D eigenvalue weighted by Crippen LogP contribution is 2.32. The number of nitrogens with one attached hydrogen (secondary N) is 1. The number of aromatic hydroxyl groups is 2. The molecule has 96 valence electrons. The molecule has 0 saturated heterocycles. The van der Waals surface area contributed by atoms with Crippen molar-refractivity contribution < 1.29 is 10.2 Å². The van der Waals surface area contributed by atoms with E-state index in [4.69, 9.17) is 0 Å². The summed E-state index contributed by atoms with van der Waals surface area (Å²) in [5.41, 5.74) is 3.37. The van der Waals surface area contributed by atoms with E-state index in [0.717, 1.165) is 21.1 Å². The van der Waals surface area contributed by atoms with Gasteiger partial charge in [-0.3, -0.25) is 0 Å². The fraction of sp³-hybridized carbons (Fsp3) is 0.0714. The van der Waals surface area contributed by atoms with Crippen molar-refractivity contribution in [1.82, 2.24) is 9.97 Å².